The third kappa shape index (κ3) is 1.11. The van der Waals surface area contributed by atoms with Crippen molar-refractivity contribution in [3.05, 3.63) is 11.8 Å². The van der Waals surface area contributed by atoms with Gasteiger partial charge in [-0.3, -0.25) is 4.79 Å². The van der Waals surface area contributed by atoms with Crippen LogP contribution in [0.15, 0.2) is 11.8 Å². The molecule has 76 valence electrons. The normalized spacial score (nSPS) is 29.6. The molecule has 0 bridgehead atoms. The van der Waals surface area contributed by atoms with Gasteiger partial charge in [0.25, 0.3) is 0 Å². The molecule has 14 heavy (non-hydrogen) atoms. The van der Waals surface area contributed by atoms with Gasteiger partial charge in [0.1, 0.15) is 0 Å². The number of hydrogen-bond acceptors (Lipinski definition) is 3. The average Bonchev–Trinajstić information content (AvgIpc) is 2.76. The van der Waals surface area contributed by atoms with E-state index in [1.165, 1.54) is 0 Å². The molecule has 0 aromatic carbocycles. The molecule has 3 aliphatic rings. The summed E-state index contributed by atoms with van der Waals surface area (Å²) < 4.78 is 11.2. The second kappa shape index (κ2) is 2.81. The van der Waals surface area contributed by atoms with Crippen LogP contribution >= 0.6 is 0 Å². The maximum atomic E-state index is 11.4. The highest BCUT2D eigenvalue weighted by atomic mass is 16.7. The quantitative estimate of drug-likeness (QED) is 0.569. The van der Waals surface area contributed by atoms with Crippen LogP contribution in [0.3, 0.4) is 0 Å². The molecular weight excluding hydrogens is 182 g/mol. The molecule has 2 fully saturated rings. The average molecular weight is 195 g/mol. The van der Waals surface area contributed by atoms with Crippen molar-refractivity contribution in [2.45, 2.75) is 25.0 Å². The van der Waals surface area contributed by atoms with Crippen molar-refractivity contribution < 1.29 is 14.3 Å². The van der Waals surface area contributed by atoms with Gasteiger partial charge in [-0.05, 0) is 12.5 Å². The predicted molar refractivity (Wildman–Crippen MR) is 48.3 cm³/mol. The molecule has 4 heteroatoms. The van der Waals surface area contributed by atoms with Crippen molar-refractivity contribution in [1.82, 2.24) is 4.90 Å². The van der Waals surface area contributed by atoms with Crippen LogP contribution in [0.25, 0.3) is 0 Å². The first-order chi connectivity index (χ1) is 6.79. The minimum atomic E-state index is -0.504. The van der Waals surface area contributed by atoms with E-state index in [2.05, 4.69) is 0 Å². The Kier molecular flexibility index (Phi) is 1.69. The van der Waals surface area contributed by atoms with E-state index in [1.54, 1.807) is 0 Å². The van der Waals surface area contributed by atoms with Gasteiger partial charge < -0.3 is 14.4 Å². The molecule has 0 atom stereocenters. The number of carbonyl (C=O) groups excluding carboxylic acids is 1. The van der Waals surface area contributed by atoms with E-state index in [1.807, 2.05) is 11.0 Å². The molecule has 3 rings (SSSR count). The molecule has 0 saturated carbocycles. The lowest BCUT2D eigenvalue weighted by Crippen LogP contribution is -2.40. The molecule has 2 saturated heterocycles. The summed E-state index contributed by atoms with van der Waals surface area (Å²) in [6, 6.07) is 0. The fourth-order valence-corrected chi connectivity index (χ4v) is 2.38. The van der Waals surface area contributed by atoms with Gasteiger partial charge in [-0.25, -0.2) is 0 Å². The number of hydrogen-bond donors (Lipinski definition) is 0. The van der Waals surface area contributed by atoms with E-state index in [9.17, 15) is 4.79 Å². The van der Waals surface area contributed by atoms with Crippen LogP contribution in [0.2, 0.25) is 0 Å². The first-order valence-electron chi connectivity index (χ1n) is 5.09. The standard InChI is InChI=1S/C10H13NO3/c12-9-2-1-8-7-10(3-4-11(8)9)13-5-6-14-10/h7H,1-6H2. The third-order valence-electron chi connectivity index (χ3n) is 3.09. The maximum Gasteiger partial charge on any atom is 0.227 e. The molecule has 1 amide bonds. The van der Waals surface area contributed by atoms with Crippen LogP contribution in [0, 0.1) is 0 Å². The molecule has 0 radical (unpaired) electrons. The number of rotatable bonds is 0. The molecule has 1 spiro atoms. The van der Waals surface area contributed by atoms with Gasteiger partial charge in [0.2, 0.25) is 5.91 Å². The summed E-state index contributed by atoms with van der Waals surface area (Å²) in [5, 5.41) is 0. The van der Waals surface area contributed by atoms with Gasteiger partial charge >= 0.3 is 0 Å². The SMILES string of the molecule is O=C1CCC2=CC3(CCN12)OCCO3. The molecule has 0 unspecified atom stereocenters. The molecule has 0 aromatic heterocycles. The van der Waals surface area contributed by atoms with Crippen molar-refractivity contribution in [3.63, 3.8) is 0 Å². The van der Waals surface area contributed by atoms with Crippen molar-refractivity contribution >= 4 is 5.91 Å². The van der Waals surface area contributed by atoms with E-state index in [4.69, 9.17) is 9.47 Å². The van der Waals surface area contributed by atoms with Gasteiger partial charge in [0.15, 0.2) is 5.79 Å². The smallest absolute Gasteiger partial charge is 0.227 e. The first kappa shape index (κ1) is 8.44. The lowest BCUT2D eigenvalue weighted by atomic mass is 10.1. The molecule has 0 aromatic rings. The summed E-state index contributed by atoms with van der Waals surface area (Å²) in [6.07, 6.45) is 4.24. The van der Waals surface area contributed by atoms with Crippen LogP contribution in [0.5, 0.6) is 0 Å². The monoisotopic (exact) mass is 195 g/mol. The Bertz CT molecular complexity index is 304. The zero-order valence-electron chi connectivity index (χ0n) is 7.99. The number of fused-ring (bicyclic) bond motifs is 1. The van der Waals surface area contributed by atoms with Crippen molar-refractivity contribution in [2.75, 3.05) is 19.8 Å². The van der Waals surface area contributed by atoms with Crippen LogP contribution in [-0.2, 0) is 14.3 Å². The summed E-state index contributed by atoms with van der Waals surface area (Å²) in [5.74, 6) is -0.264. The van der Waals surface area contributed by atoms with Gasteiger partial charge in [-0.1, -0.05) is 0 Å². The molecule has 4 nitrogen and oxygen atoms in total. The van der Waals surface area contributed by atoms with Gasteiger partial charge in [0, 0.05) is 25.1 Å². The number of ether oxygens (including phenoxy) is 2. The number of carbonyl (C=O) groups is 1. The second-order valence-corrected chi connectivity index (χ2v) is 3.94. The first-order valence-corrected chi connectivity index (χ1v) is 5.09. The maximum absolute atomic E-state index is 11.4. The van der Waals surface area contributed by atoms with Crippen molar-refractivity contribution in [1.29, 1.82) is 0 Å². The van der Waals surface area contributed by atoms with Crippen LogP contribution in [-0.4, -0.2) is 36.4 Å². The van der Waals surface area contributed by atoms with Crippen molar-refractivity contribution in [2.24, 2.45) is 0 Å². The van der Waals surface area contributed by atoms with Crippen LogP contribution in [0.1, 0.15) is 19.3 Å². The highest BCUT2D eigenvalue weighted by Gasteiger charge is 2.41. The summed E-state index contributed by atoms with van der Waals surface area (Å²) in [4.78, 5) is 13.3. The topological polar surface area (TPSA) is 38.8 Å². The molecule has 3 aliphatic heterocycles. The third-order valence-corrected chi connectivity index (χ3v) is 3.09. The van der Waals surface area contributed by atoms with E-state index in [0.29, 0.717) is 19.6 Å². The summed E-state index contributed by atoms with van der Waals surface area (Å²) >= 11 is 0. The lowest BCUT2D eigenvalue weighted by Gasteiger charge is -2.33. The summed E-state index contributed by atoms with van der Waals surface area (Å²) in [5.41, 5.74) is 1.09. The largest absolute Gasteiger partial charge is 0.344 e. The summed E-state index contributed by atoms with van der Waals surface area (Å²) in [6.45, 7) is 2.07. The Morgan fingerprint density at radius 3 is 2.86 bits per heavy atom. The fourth-order valence-electron chi connectivity index (χ4n) is 2.38. The highest BCUT2D eigenvalue weighted by molar-refractivity contribution is 5.81. The Hall–Kier alpha value is -0.870. The van der Waals surface area contributed by atoms with E-state index in [0.717, 1.165) is 25.1 Å². The minimum absolute atomic E-state index is 0.240. The number of allylic oxidation sites excluding steroid dienone is 1. The zero-order chi connectivity index (χ0) is 9.60. The van der Waals surface area contributed by atoms with Crippen LogP contribution < -0.4 is 0 Å². The molecule has 0 N–H and O–H groups in total. The van der Waals surface area contributed by atoms with Crippen molar-refractivity contribution in [3.8, 4) is 0 Å². The zero-order valence-corrected chi connectivity index (χ0v) is 7.99. The fraction of sp³-hybridized carbons (Fsp3) is 0.700. The molecule has 3 heterocycles. The van der Waals surface area contributed by atoms with Gasteiger partial charge in [0.05, 0.1) is 13.2 Å². The Labute approximate surface area is 82.5 Å². The van der Waals surface area contributed by atoms with E-state index in [-0.39, 0.29) is 5.91 Å². The lowest BCUT2D eigenvalue weighted by molar-refractivity contribution is -0.140. The Morgan fingerprint density at radius 1 is 1.29 bits per heavy atom. The second-order valence-electron chi connectivity index (χ2n) is 3.94. The van der Waals surface area contributed by atoms with E-state index < -0.39 is 5.79 Å². The summed E-state index contributed by atoms with van der Waals surface area (Å²) in [7, 11) is 0. The Balaban J connectivity index is 1.91. The Morgan fingerprint density at radius 2 is 2.07 bits per heavy atom. The highest BCUT2D eigenvalue weighted by Crippen LogP contribution is 2.36. The minimum Gasteiger partial charge on any atom is -0.344 e. The van der Waals surface area contributed by atoms with Crippen LogP contribution in [0.4, 0.5) is 0 Å². The number of nitrogens with zero attached hydrogens (tertiary/aromatic N) is 1. The molecule has 0 aliphatic carbocycles. The van der Waals surface area contributed by atoms with E-state index >= 15 is 0 Å². The van der Waals surface area contributed by atoms with Gasteiger partial charge in [-0.15, -0.1) is 0 Å². The molecular formula is C10H13NO3. The number of amides is 1. The predicted octanol–water partition coefficient (Wildman–Crippen LogP) is 0.639. The van der Waals surface area contributed by atoms with Gasteiger partial charge in [-0.2, -0.15) is 0 Å².